The first-order valence-corrected chi connectivity index (χ1v) is 6.56. The number of rotatable bonds is 4. The van der Waals surface area contributed by atoms with Gasteiger partial charge in [0.1, 0.15) is 5.78 Å². The predicted molar refractivity (Wildman–Crippen MR) is 64.7 cm³/mol. The predicted octanol–water partition coefficient (Wildman–Crippen LogP) is 4.06. The summed E-state index contributed by atoms with van der Waals surface area (Å²) in [6.07, 6.45) is 6.26. The lowest BCUT2D eigenvalue weighted by molar-refractivity contribution is -0.128. The Morgan fingerprint density at radius 3 is 2.27 bits per heavy atom. The standard InChI is InChI=1S/C14H26O/c1-10(2)9-12-7-5-6-8-13(12)14(15)11(3)4/h10-13H,5-9H2,1-4H3/t12?,13-/m0/s1. The van der Waals surface area contributed by atoms with Crippen molar-refractivity contribution in [3.63, 3.8) is 0 Å². The summed E-state index contributed by atoms with van der Waals surface area (Å²) in [5.41, 5.74) is 0. The van der Waals surface area contributed by atoms with Crippen LogP contribution < -0.4 is 0 Å². The molecule has 15 heavy (non-hydrogen) atoms. The van der Waals surface area contributed by atoms with E-state index in [1.807, 2.05) is 13.8 Å². The number of Topliss-reactive ketones (excluding diaryl/α,β-unsaturated/α-hetero) is 1. The van der Waals surface area contributed by atoms with E-state index in [0.29, 0.717) is 17.6 Å². The number of hydrogen-bond donors (Lipinski definition) is 0. The molecule has 0 aliphatic heterocycles. The Labute approximate surface area is 94.6 Å². The van der Waals surface area contributed by atoms with Crippen LogP contribution in [0, 0.1) is 23.7 Å². The van der Waals surface area contributed by atoms with Crippen molar-refractivity contribution >= 4 is 5.78 Å². The topological polar surface area (TPSA) is 17.1 Å². The average molecular weight is 210 g/mol. The van der Waals surface area contributed by atoms with Crippen molar-refractivity contribution in [2.75, 3.05) is 0 Å². The van der Waals surface area contributed by atoms with Gasteiger partial charge in [-0.2, -0.15) is 0 Å². The van der Waals surface area contributed by atoms with Crippen LogP contribution in [0.4, 0.5) is 0 Å². The maximum Gasteiger partial charge on any atom is 0.138 e. The van der Waals surface area contributed by atoms with Gasteiger partial charge < -0.3 is 0 Å². The van der Waals surface area contributed by atoms with Crippen LogP contribution in [-0.2, 0) is 4.79 Å². The van der Waals surface area contributed by atoms with Crippen LogP contribution in [0.15, 0.2) is 0 Å². The molecule has 1 unspecified atom stereocenters. The zero-order valence-corrected chi connectivity index (χ0v) is 10.8. The highest BCUT2D eigenvalue weighted by atomic mass is 16.1. The van der Waals surface area contributed by atoms with E-state index in [1.165, 1.54) is 25.7 Å². The first kappa shape index (κ1) is 12.7. The van der Waals surface area contributed by atoms with E-state index in [1.54, 1.807) is 0 Å². The van der Waals surface area contributed by atoms with E-state index in [2.05, 4.69) is 13.8 Å². The van der Waals surface area contributed by atoms with Crippen LogP contribution in [0.5, 0.6) is 0 Å². The third-order valence-electron chi connectivity index (χ3n) is 3.62. The molecular formula is C14H26O. The SMILES string of the molecule is CC(C)CC1CCCC[C@@H]1C(=O)C(C)C. The van der Waals surface area contributed by atoms with Crippen molar-refractivity contribution in [3.05, 3.63) is 0 Å². The molecule has 0 N–H and O–H groups in total. The van der Waals surface area contributed by atoms with Crippen molar-refractivity contribution in [1.82, 2.24) is 0 Å². The van der Waals surface area contributed by atoms with Crippen LogP contribution in [0.3, 0.4) is 0 Å². The molecule has 0 amide bonds. The molecule has 0 aromatic heterocycles. The van der Waals surface area contributed by atoms with E-state index in [9.17, 15) is 4.79 Å². The molecule has 0 radical (unpaired) electrons. The molecule has 1 rings (SSSR count). The van der Waals surface area contributed by atoms with Gasteiger partial charge in [0.05, 0.1) is 0 Å². The Balaban J connectivity index is 2.61. The molecule has 0 aromatic rings. The Kier molecular flexibility index (Phi) is 4.82. The van der Waals surface area contributed by atoms with Crippen molar-refractivity contribution in [2.45, 2.75) is 59.8 Å². The highest BCUT2D eigenvalue weighted by Crippen LogP contribution is 2.36. The molecule has 88 valence electrons. The second-order valence-corrected chi connectivity index (χ2v) is 5.84. The van der Waals surface area contributed by atoms with Gasteiger partial charge in [0.2, 0.25) is 0 Å². The van der Waals surface area contributed by atoms with Crippen molar-refractivity contribution in [3.8, 4) is 0 Å². The fourth-order valence-corrected chi connectivity index (χ4v) is 2.90. The lowest BCUT2D eigenvalue weighted by Gasteiger charge is -2.32. The Morgan fingerprint density at radius 1 is 1.13 bits per heavy atom. The molecule has 1 aliphatic carbocycles. The molecule has 1 fully saturated rings. The number of hydrogen-bond acceptors (Lipinski definition) is 1. The van der Waals surface area contributed by atoms with Crippen molar-refractivity contribution in [1.29, 1.82) is 0 Å². The van der Waals surface area contributed by atoms with E-state index in [4.69, 9.17) is 0 Å². The molecule has 1 nitrogen and oxygen atoms in total. The minimum absolute atomic E-state index is 0.225. The minimum atomic E-state index is 0.225. The fraction of sp³-hybridized carbons (Fsp3) is 0.929. The minimum Gasteiger partial charge on any atom is -0.299 e. The summed E-state index contributed by atoms with van der Waals surface area (Å²) in [5.74, 6) is 2.52. The average Bonchev–Trinajstić information content (AvgIpc) is 2.16. The number of carbonyl (C=O) groups excluding carboxylic acids is 1. The van der Waals surface area contributed by atoms with E-state index in [0.717, 1.165) is 12.3 Å². The Hall–Kier alpha value is -0.330. The summed E-state index contributed by atoms with van der Waals surface area (Å²) < 4.78 is 0. The van der Waals surface area contributed by atoms with Crippen molar-refractivity contribution in [2.24, 2.45) is 23.7 Å². The van der Waals surface area contributed by atoms with Crippen LogP contribution in [0.2, 0.25) is 0 Å². The lowest BCUT2D eigenvalue weighted by atomic mass is 9.71. The zero-order valence-electron chi connectivity index (χ0n) is 10.8. The monoisotopic (exact) mass is 210 g/mol. The Bertz CT molecular complexity index is 205. The van der Waals surface area contributed by atoms with Gasteiger partial charge in [0.15, 0.2) is 0 Å². The second kappa shape index (κ2) is 5.67. The molecule has 1 saturated carbocycles. The summed E-state index contributed by atoms with van der Waals surface area (Å²) in [4.78, 5) is 12.1. The normalized spacial score (nSPS) is 27.3. The molecule has 1 heteroatoms. The van der Waals surface area contributed by atoms with Crippen molar-refractivity contribution < 1.29 is 4.79 Å². The third kappa shape index (κ3) is 3.62. The first-order valence-electron chi connectivity index (χ1n) is 6.56. The maximum atomic E-state index is 12.1. The summed E-state index contributed by atoms with van der Waals surface area (Å²) >= 11 is 0. The summed E-state index contributed by atoms with van der Waals surface area (Å²) in [6.45, 7) is 8.63. The van der Waals surface area contributed by atoms with Crippen LogP contribution >= 0.6 is 0 Å². The molecule has 0 bridgehead atoms. The first-order chi connectivity index (χ1) is 7.02. The molecule has 2 atom stereocenters. The number of carbonyl (C=O) groups is 1. The van der Waals surface area contributed by atoms with Gasteiger partial charge in [-0.1, -0.05) is 40.5 Å². The van der Waals surface area contributed by atoms with E-state index >= 15 is 0 Å². The van der Waals surface area contributed by atoms with Gasteiger partial charge in [-0.3, -0.25) is 4.79 Å². The summed E-state index contributed by atoms with van der Waals surface area (Å²) in [5, 5.41) is 0. The molecule has 0 spiro atoms. The molecule has 0 heterocycles. The van der Waals surface area contributed by atoms with Gasteiger partial charge in [0.25, 0.3) is 0 Å². The van der Waals surface area contributed by atoms with E-state index < -0.39 is 0 Å². The highest BCUT2D eigenvalue weighted by molar-refractivity contribution is 5.83. The van der Waals surface area contributed by atoms with E-state index in [-0.39, 0.29) is 5.92 Å². The Morgan fingerprint density at radius 2 is 1.73 bits per heavy atom. The summed E-state index contributed by atoms with van der Waals surface area (Å²) in [7, 11) is 0. The van der Waals surface area contributed by atoms with Crippen LogP contribution in [-0.4, -0.2) is 5.78 Å². The zero-order chi connectivity index (χ0) is 11.4. The highest BCUT2D eigenvalue weighted by Gasteiger charge is 2.31. The van der Waals surface area contributed by atoms with Gasteiger partial charge in [-0.05, 0) is 31.1 Å². The quantitative estimate of drug-likeness (QED) is 0.683. The largest absolute Gasteiger partial charge is 0.299 e. The second-order valence-electron chi connectivity index (χ2n) is 5.84. The van der Waals surface area contributed by atoms with Crippen LogP contribution in [0.25, 0.3) is 0 Å². The van der Waals surface area contributed by atoms with Gasteiger partial charge >= 0.3 is 0 Å². The van der Waals surface area contributed by atoms with Crippen LogP contribution in [0.1, 0.15) is 59.8 Å². The summed E-state index contributed by atoms with van der Waals surface area (Å²) in [6, 6.07) is 0. The number of ketones is 1. The molecule has 1 aliphatic rings. The maximum absolute atomic E-state index is 12.1. The van der Waals surface area contributed by atoms with Gasteiger partial charge in [-0.15, -0.1) is 0 Å². The molecule has 0 aromatic carbocycles. The third-order valence-corrected chi connectivity index (χ3v) is 3.62. The van der Waals surface area contributed by atoms with Gasteiger partial charge in [0, 0.05) is 11.8 Å². The fourth-order valence-electron chi connectivity index (χ4n) is 2.90. The van der Waals surface area contributed by atoms with Gasteiger partial charge in [-0.25, -0.2) is 0 Å². The lowest BCUT2D eigenvalue weighted by Crippen LogP contribution is -2.30. The molecular weight excluding hydrogens is 184 g/mol. The smallest absolute Gasteiger partial charge is 0.138 e. The molecule has 0 saturated heterocycles.